The quantitative estimate of drug-likeness (QED) is 0.853. The maximum Gasteiger partial charge on any atom is 0.316 e. The second kappa shape index (κ2) is 4.74. The molecule has 0 spiro atoms. The molecular weight excluding hydrogens is 204 g/mol. The van der Waals surface area contributed by atoms with E-state index in [9.17, 15) is 0 Å². The first-order chi connectivity index (χ1) is 7.79. The Bertz CT molecular complexity index is 440. The van der Waals surface area contributed by atoms with Crippen LogP contribution in [0, 0.1) is 0 Å². The molecule has 2 aromatic heterocycles. The van der Waals surface area contributed by atoms with Crippen LogP contribution in [0.5, 0.6) is 0 Å². The van der Waals surface area contributed by atoms with Crippen molar-refractivity contribution in [2.75, 3.05) is 5.32 Å². The van der Waals surface area contributed by atoms with E-state index in [4.69, 9.17) is 4.42 Å². The average molecular weight is 218 g/mol. The fourth-order valence-electron chi connectivity index (χ4n) is 1.19. The van der Waals surface area contributed by atoms with Crippen molar-refractivity contribution in [3.05, 3.63) is 24.4 Å². The lowest BCUT2D eigenvalue weighted by Crippen LogP contribution is -2.13. The van der Waals surface area contributed by atoms with Gasteiger partial charge in [0.05, 0.1) is 0 Å². The summed E-state index contributed by atoms with van der Waals surface area (Å²) in [7, 11) is 0. The minimum absolute atomic E-state index is 0.317. The van der Waals surface area contributed by atoms with Gasteiger partial charge in [-0.3, -0.25) is 4.98 Å². The predicted octanol–water partition coefficient (Wildman–Crippen LogP) is 2.34. The van der Waals surface area contributed by atoms with Crippen LogP contribution in [0.2, 0.25) is 0 Å². The van der Waals surface area contributed by atoms with Gasteiger partial charge in [0, 0.05) is 12.2 Å². The number of anilines is 1. The average Bonchev–Trinajstić information content (AvgIpc) is 2.78. The van der Waals surface area contributed by atoms with Crippen molar-refractivity contribution < 1.29 is 4.42 Å². The van der Waals surface area contributed by atoms with Gasteiger partial charge in [-0.2, -0.15) is 0 Å². The lowest BCUT2D eigenvalue weighted by molar-refractivity contribution is 0.566. The van der Waals surface area contributed by atoms with Gasteiger partial charge in [0.25, 0.3) is 5.89 Å². The summed E-state index contributed by atoms with van der Waals surface area (Å²) in [5, 5.41) is 11.0. The number of hydrogen-bond acceptors (Lipinski definition) is 5. The van der Waals surface area contributed by atoms with E-state index < -0.39 is 0 Å². The van der Waals surface area contributed by atoms with E-state index in [2.05, 4.69) is 34.3 Å². The predicted molar refractivity (Wildman–Crippen MR) is 60.9 cm³/mol. The van der Waals surface area contributed by atoms with Crippen molar-refractivity contribution in [2.45, 2.75) is 26.3 Å². The van der Waals surface area contributed by atoms with Gasteiger partial charge in [0.2, 0.25) is 0 Å². The summed E-state index contributed by atoms with van der Waals surface area (Å²) < 4.78 is 5.45. The highest BCUT2D eigenvalue weighted by atomic mass is 16.4. The Balaban J connectivity index is 2.14. The van der Waals surface area contributed by atoms with Crippen molar-refractivity contribution >= 4 is 6.01 Å². The molecule has 0 amide bonds. The van der Waals surface area contributed by atoms with Crippen LogP contribution in [-0.2, 0) is 0 Å². The van der Waals surface area contributed by atoms with E-state index in [1.165, 1.54) is 0 Å². The number of nitrogens with one attached hydrogen (secondary N) is 1. The minimum atomic E-state index is 0.317. The zero-order chi connectivity index (χ0) is 11.4. The van der Waals surface area contributed by atoms with Crippen LogP contribution in [0.4, 0.5) is 6.01 Å². The maximum absolute atomic E-state index is 5.45. The smallest absolute Gasteiger partial charge is 0.316 e. The van der Waals surface area contributed by atoms with Crippen molar-refractivity contribution in [1.29, 1.82) is 0 Å². The normalized spacial score (nSPS) is 12.4. The Morgan fingerprint density at radius 3 is 2.94 bits per heavy atom. The Morgan fingerprint density at radius 2 is 2.25 bits per heavy atom. The van der Waals surface area contributed by atoms with E-state index in [0.29, 0.717) is 23.6 Å². The van der Waals surface area contributed by atoms with Gasteiger partial charge >= 0.3 is 6.01 Å². The van der Waals surface area contributed by atoms with Gasteiger partial charge in [0.15, 0.2) is 0 Å². The highest BCUT2D eigenvalue weighted by Gasteiger charge is 2.10. The summed E-state index contributed by atoms with van der Waals surface area (Å²) in [6, 6.07) is 6.32. The molecule has 1 atom stereocenters. The molecule has 0 radical (unpaired) electrons. The maximum atomic E-state index is 5.45. The second-order valence-corrected chi connectivity index (χ2v) is 3.58. The minimum Gasteiger partial charge on any atom is -0.402 e. The Morgan fingerprint density at radius 1 is 1.38 bits per heavy atom. The topological polar surface area (TPSA) is 63.8 Å². The Labute approximate surface area is 93.9 Å². The molecule has 5 nitrogen and oxygen atoms in total. The van der Waals surface area contributed by atoms with Crippen LogP contribution >= 0.6 is 0 Å². The summed E-state index contributed by atoms with van der Waals surface area (Å²) in [6.07, 6.45) is 2.70. The van der Waals surface area contributed by atoms with Crippen molar-refractivity contribution in [2.24, 2.45) is 0 Å². The third-order valence-corrected chi connectivity index (χ3v) is 2.29. The van der Waals surface area contributed by atoms with Crippen LogP contribution in [0.25, 0.3) is 11.6 Å². The first-order valence-corrected chi connectivity index (χ1v) is 5.31. The molecule has 0 aliphatic carbocycles. The molecule has 0 saturated carbocycles. The molecule has 0 aromatic carbocycles. The molecule has 1 unspecified atom stereocenters. The lowest BCUT2D eigenvalue weighted by atomic mass is 10.3. The van der Waals surface area contributed by atoms with E-state index in [1.54, 1.807) is 6.20 Å². The largest absolute Gasteiger partial charge is 0.402 e. The molecule has 84 valence electrons. The zero-order valence-corrected chi connectivity index (χ0v) is 9.34. The van der Waals surface area contributed by atoms with Gasteiger partial charge in [-0.15, -0.1) is 5.10 Å². The first-order valence-electron chi connectivity index (χ1n) is 5.31. The molecule has 5 heteroatoms. The Kier molecular flexibility index (Phi) is 3.14. The van der Waals surface area contributed by atoms with Gasteiger partial charge in [-0.1, -0.05) is 18.1 Å². The summed E-state index contributed by atoms with van der Waals surface area (Å²) in [5.41, 5.74) is 0.687. The molecule has 0 saturated heterocycles. The second-order valence-electron chi connectivity index (χ2n) is 3.58. The third kappa shape index (κ3) is 2.36. The van der Waals surface area contributed by atoms with Crippen LogP contribution in [-0.4, -0.2) is 21.2 Å². The van der Waals surface area contributed by atoms with E-state index in [0.717, 1.165) is 6.42 Å². The van der Waals surface area contributed by atoms with Crippen LogP contribution in [0.3, 0.4) is 0 Å². The highest BCUT2D eigenvalue weighted by molar-refractivity contribution is 5.46. The number of aromatic nitrogens is 3. The monoisotopic (exact) mass is 218 g/mol. The molecule has 0 aliphatic heterocycles. The number of nitrogens with zero attached hydrogens (tertiary/aromatic N) is 3. The molecule has 16 heavy (non-hydrogen) atoms. The molecule has 2 rings (SSSR count). The number of rotatable bonds is 4. The fourth-order valence-corrected chi connectivity index (χ4v) is 1.19. The van der Waals surface area contributed by atoms with Crippen molar-refractivity contribution in [1.82, 2.24) is 15.2 Å². The van der Waals surface area contributed by atoms with Crippen LogP contribution in [0.1, 0.15) is 20.3 Å². The summed E-state index contributed by atoms with van der Waals surface area (Å²) in [5.74, 6) is 0.436. The molecular formula is C11H14N4O. The molecule has 1 N–H and O–H groups in total. The molecule has 2 heterocycles. The number of pyridine rings is 1. The standard InChI is InChI=1S/C11H14N4O/c1-3-8(2)13-11-15-14-10(16-11)9-6-4-5-7-12-9/h4-8H,3H2,1-2H3,(H,13,15). The third-order valence-electron chi connectivity index (χ3n) is 2.29. The summed E-state index contributed by atoms with van der Waals surface area (Å²) in [4.78, 5) is 4.14. The van der Waals surface area contributed by atoms with Crippen molar-refractivity contribution in [3.63, 3.8) is 0 Å². The molecule has 0 aliphatic rings. The lowest BCUT2D eigenvalue weighted by Gasteiger charge is -2.06. The summed E-state index contributed by atoms with van der Waals surface area (Å²) in [6.45, 7) is 4.15. The molecule has 0 bridgehead atoms. The van der Waals surface area contributed by atoms with Gasteiger partial charge in [-0.05, 0) is 25.5 Å². The van der Waals surface area contributed by atoms with E-state index in [-0.39, 0.29) is 0 Å². The van der Waals surface area contributed by atoms with Gasteiger partial charge in [0.1, 0.15) is 5.69 Å². The fraction of sp³-hybridized carbons (Fsp3) is 0.364. The Hall–Kier alpha value is -1.91. The number of hydrogen-bond donors (Lipinski definition) is 1. The molecule has 0 fully saturated rings. The summed E-state index contributed by atoms with van der Waals surface area (Å²) >= 11 is 0. The van der Waals surface area contributed by atoms with Gasteiger partial charge < -0.3 is 9.73 Å². The van der Waals surface area contributed by atoms with E-state index >= 15 is 0 Å². The van der Waals surface area contributed by atoms with Crippen molar-refractivity contribution in [3.8, 4) is 11.6 Å². The van der Waals surface area contributed by atoms with E-state index in [1.807, 2.05) is 18.2 Å². The van der Waals surface area contributed by atoms with Gasteiger partial charge in [-0.25, -0.2) is 0 Å². The SMILES string of the molecule is CCC(C)Nc1nnc(-c2ccccn2)o1. The molecule has 2 aromatic rings. The highest BCUT2D eigenvalue weighted by Crippen LogP contribution is 2.17. The van der Waals surface area contributed by atoms with Crippen LogP contribution in [0.15, 0.2) is 28.8 Å². The zero-order valence-electron chi connectivity index (χ0n) is 9.34. The first kappa shape index (κ1) is 10.6. The van der Waals surface area contributed by atoms with Crippen LogP contribution < -0.4 is 5.32 Å².